The minimum absolute atomic E-state index is 0.0474. The molecule has 3 aliphatic rings. The van der Waals surface area contributed by atoms with Gasteiger partial charge in [-0.05, 0) is 38.4 Å². The van der Waals surface area contributed by atoms with Gasteiger partial charge < -0.3 is 23.4 Å². The molecule has 0 N–H and O–H groups in total. The van der Waals surface area contributed by atoms with Crippen molar-refractivity contribution in [1.29, 1.82) is 0 Å². The maximum Gasteiger partial charge on any atom is 0.311 e. The Labute approximate surface area is 151 Å². The fourth-order valence-electron chi connectivity index (χ4n) is 3.67. The van der Waals surface area contributed by atoms with Gasteiger partial charge in [0, 0.05) is 0 Å². The Bertz CT molecular complexity index is 554. The average Bonchev–Trinajstić information content (AvgIpc) is 3.10. The number of hydrogen-bond acceptors (Lipinski definition) is 6. The first-order valence-corrected chi connectivity index (χ1v) is 12.0. The highest BCUT2D eigenvalue weighted by atomic mass is 28.4. The highest BCUT2D eigenvalue weighted by molar-refractivity contribution is 6.74. The second-order valence-corrected chi connectivity index (χ2v) is 14.2. The summed E-state index contributed by atoms with van der Waals surface area (Å²) in [4.78, 5) is 12.2. The molecule has 2 unspecified atom stereocenters. The van der Waals surface area contributed by atoms with Crippen molar-refractivity contribution in [2.45, 2.75) is 88.9 Å². The predicted molar refractivity (Wildman–Crippen MR) is 94.7 cm³/mol. The SMILES string of the molecule is COC(=O)C1CC12OC[C@H]1OC(C)(C)O[C@H]1[C@@H]2O[Si](C)(C)C(C)(C)C. The summed E-state index contributed by atoms with van der Waals surface area (Å²) >= 11 is 0. The van der Waals surface area contributed by atoms with Gasteiger partial charge in [0.25, 0.3) is 0 Å². The molecule has 6 nitrogen and oxygen atoms in total. The molecule has 0 aromatic carbocycles. The maximum absolute atomic E-state index is 12.2. The summed E-state index contributed by atoms with van der Waals surface area (Å²) in [6.07, 6.45) is -0.105. The van der Waals surface area contributed by atoms with Crippen molar-refractivity contribution in [3.8, 4) is 0 Å². The quantitative estimate of drug-likeness (QED) is 0.561. The largest absolute Gasteiger partial charge is 0.469 e. The van der Waals surface area contributed by atoms with Gasteiger partial charge in [-0.3, -0.25) is 4.79 Å². The van der Waals surface area contributed by atoms with E-state index in [2.05, 4.69) is 33.9 Å². The summed E-state index contributed by atoms with van der Waals surface area (Å²) in [5, 5.41) is 0.0474. The van der Waals surface area contributed by atoms with Crippen LogP contribution in [-0.2, 0) is 28.2 Å². The van der Waals surface area contributed by atoms with Crippen LogP contribution in [0.2, 0.25) is 18.1 Å². The molecule has 2 aliphatic heterocycles. The molecule has 2 saturated heterocycles. The number of carbonyl (C=O) groups is 1. The van der Waals surface area contributed by atoms with Crippen LogP contribution in [-0.4, -0.2) is 57.7 Å². The molecule has 0 bridgehead atoms. The molecule has 1 spiro atoms. The monoisotopic (exact) mass is 372 g/mol. The van der Waals surface area contributed by atoms with Gasteiger partial charge >= 0.3 is 5.97 Å². The van der Waals surface area contributed by atoms with Gasteiger partial charge in [-0.2, -0.15) is 0 Å². The average molecular weight is 373 g/mol. The Kier molecular flexibility index (Phi) is 4.45. The highest BCUT2D eigenvalue weighted by Gasteiger charge is 2.72. The Morgan fingerprint density at radius 1 is 1.20 bits per heavy atom. The number of methoxy groups -OCH3 is 1. The summed E-state index contributed by atoms with van der Waals surface area (Å²) in [5.41, 5.74) is -0.645. The van der Waals surface area contributed by atoms with E-state index in [-0.39, 0.29) is 35.2 Å². The zero-order valence-corrected chi connectivity index (χ0v) is 17.7. The van der Waals surface area contributed by atoms with Crippen LogP contribution in [0.15, 0.2) is 0 Å². The van der Waals surface area contributed by atoms with Crippen LogP contribution in [0.1, 0.15) is 41.0 Å². The van der Waals surface area contributed by atoms with Gasteiger partial charge in [0.15, 0.2) is 14.1 Å². The van der Waals surface area contributed by atoms with Crippen molar-refractivity contribution in [1.82, 2.24) is 0 Å². The molecule has 25 heavy (non-hydrogen) atoms. The second kappa shape index (κ2) is 5.76. The molecule has 1 aliphatic carbocycles. The van der Waals surface area contributed by atoms with E-state index in [4.69, 9.17) is 23.4 Å². The summed E-state index contributed by atoms with van der Waals surface area (Å²) in [7, 11) is -0.671. The first-order valence-electron chi connectivity index (χ1n) is 9.08. The van der Waals surface area contributed by atoms with Crippen LogP contribution in [0.3, 0.4) is 0 Å². The Hall–Kier alpha value is -0.473. The number of esters is 1. The van der Waals surface area contributed by atoms with Gasteiger partial charge in [-0.15, -0.1) is 0 Å². The standard InChI is InChI=1S/C18H32O6Si/c1-16(2,3)25(7,8)24-14-13-12(22-17(4,5)23-13)10-21-18(14)9-11(18)15(19)20-6/h11-14H,9-10H2,1-8H3/t11?,12-,13-,14+,18?/m1/s1. The Morgan fingerprint density at radius 2 is 1.84 bits per heavy atom. The van der Waals surface area contributed by atoms with Crippen LogP contribution >= 0.6 is 0 Å². The molecular formula is C18H32O6Si. The molecule has 144 valence electrons. The van der Waals surface area contributed by atoms with Gasteiger partial charge in [-0.25, -0.2) is 0 Å². The Morgan fingerprint density at radius 3 is 2.40 bits per heavy atom. The van der Waals surface area contributed by atoms with E-state index in [0.29, 0.717) is 13.0 Å². The zero-order chi connectivity index (χ0) is 18.8. The number of ether oxygens (including phenoxy) is 4. The minimum Gasteiger partial charge on any atom is -0.469 e. The van der Waals surface area contributed by atoms with Crippen molar-refractivity contribution in [2.24, 2.45) is 5.92 Å². The Balaban J connectivity index is 1.91. The van der Waals surface area contributed by atoms with Crippen LogP contribution in [0.5, 0.6) is 0 Å². The lowest BCUT2D eigenvalue weighted by Crippen LogP contribution is -2.60. The van der Waals surface area contributed by atoms with E-state index < -0.39 is 19.7 Å². The van der Waals surface area contributed by atoms with Gasteiger partial charge in [-0.1, -0.05) is 20.8 Å². The van der Waals surface area contributed by atoms with Gasteiger partial charge in [0.2, 0.25) is 0 Å². The van der Waals surface area contributed by atoms with E-state index in [1.807, 2.05) is 13.8 Å². The molecule has 7 heteroatoms. The lowest BCUT2D eigenvalue weighted by Gasteiger charge is -2.46. The predicted octanol–water partition coefficient (Wildman–Crippen LogP) is 2.86. The van der Waals surface area contributed by atoms with Crippen LogP contribution in [0.4, 0.5) is 0 Å². The van der Waals surface area contributed by atoms with Crippen molar-refractivity contribution >= 4 is 14.3 Å². The summed E-state index contributed by atoms with van der Waals surface area (Å²) in [6.45, 7) is 15.3. The normalized spacial score (nSPS) is 40.0. The molecule has 2 heterocycles. The van der Waals surface area contributed by atoms with Gasteiger partial charge in [0.1, 0.15) is 23.9 Å². The fraction of sp³-hybridized carbons (Fsp3) is 0.944. The fourth-order valence-corrected chi connectivity index (χ4v) is 4.99. The molecule has 5 atom stereocenters. The lowest BCUT2D eigenvalue weighted by molar-refractivity contribution is -0.175. The second-order valence-electron chi connectivity index (χ2n) is 9.48. The molecule has 0 aromatic rings. The third-order valence-electron chi connectivity index (χ3n) is 6.18. The first kappa shape index (κ1) is 19.3. The molecule has 0 aromatic heterocycles. The summed E-state index contributed by atoms with van der Waals surface area (Å²) < 4.78 is 30.1. The maximum atomic E-state index is 12.2. The van der Waals surface area contributed by atoms with E-state index in [9.17, 15) is 4.79 Å². The van der Waals surface area contributed by atoms with E-state index in [0.717, 1.165) is 0 Å². The van der Waals surface area contributed by atoms with Crippen LogP contribution in [0, 0.1) is 5.92 Å². The third kappa shape index (κ3) is 3.18. The van der Waals surface area contributed by atoms with E-state index in [1.165, 1.54) is 7.11 Å². The van der Waals surface area contributed by atoms with Crippen molar-refractivity contribution in [2.75, 3.05) is 13.7 Å². The number of carbonyl (C=O) groups excluding carboxylic acids is 1. The van der Waals surface area contributed by atoms with E-state index in [1.54, 1.807) is 0 Å². The zero-order valence-electron chi connectivity index (χ0n) is 16.7. The lowest BCUT2D eigenvalue weighted by atomic mass is 9.96. The van der Waals surface area contributed by atoms with Crippen molar-refractivity contribution < 1.29 is 28.2 Å². The molecular weight excluding hydrogens is 340 g/mol. The number of hydrogen-bond donors (Lipinski definition) is 0. The van der Waals surface area contributed by atoms with E-state index >= 15 is 0 Å². The smallest absolute Gasteiger partial charge is 0.311 e. The summed E-state index contributed by atoms with van der Waals surface area (Å²) in [5.74, 6) is -1.20. The third-order valence-corrected chi connectivity index (χ3v) is 10.6. The van der Waals surface area contributed by atoms with Crippen LogP contribution in [0.25, 0.3) is 0 Å². The molecule has 3 fully saturated rings. The van der Waals surface area contributed by atoms with Gasteiger partial charge in [0.05, 0.1) is 19.6 Å². The number of fused-ring (bicyclic) bond motifs is 1. The van der Waals surface area contributed by atoms with Crippen molar-refractivity contribution in [3.63, 3.8) is 0 Å². The van der Waals surface area contributed by atoms with Crippen LogP contribution < -0.4 is 0 Å². The molecule has 1 saturated carbocycles. The highest BCUT2D eigenvalue weighted by Crippen LogP contribution is 2.57. The molecule has 0 radical (unpaired) electrons. The molecule has 3 rings (SSSR count). The topological polar surface area (TPSA) is 63.2 Å². The summed E-state index contributed by atoms with van der Waals surface area (Å²) in [6, 6.07) is 0. The first-order chi connectivity index (χ1) is 11.3. The van der Waals surface area contributed by atoms with Crippen molar-refractivity contribution in [3.05, 3.63) is 0 Å². The minimum atomic E-state index is -2.09. The number of rotatable bonds is 3. The molecule has 0 amide bonds.